The van der Waals surface area contributed by atoms with Gasteiger partial charge in [0.2, 0.25) is 0 Å². The minimum Gasteiger partial charge on any atom is -0.494 e. The minimum atomic E-state index is -4.36. The maximum Gasteiger partial charge on any atom is 0.416 e. The molecule has 0 bridgehead atoms. The average molecular weight is 366 g/mol. The summed E-state index contributed by atoms with van der Waals surface area (Å²) in [5.41, 5.74) is 0.922. The van der Waals surface area contributed by atoms with Crippen LogP contribution in [0.5, 0.6) is 17.2 Å². The molecule has 0 amide bonds. The van der Waals surface area contributed by atoms with Gasteiger partial charge < -0.3 is 14.2 Å². The van der Waals surface area contributed by atoms with Gasteiger partial charge in [-0.25, -0.2) is 0 Å². The van der Waals surface area contributed by atoms with E-state index in [0.29, 0.717) is 23.7 Å². The molecule has 0 saturated carbocycles. The second-order valence-electron chi connectivity index (χ2n) is 5.71. The number of hydrogen-bond acceptors (Lipinski definition) is 3. The lowest BCUT2D eigenvalue weighted by molar-refractivity contribution is -0.137. The van der Waals surface area contributed by atoms with Crippen LogP contribution >= 0.6 is 0 Å². The second kappa shape index (κ2) is 8.65. The van der Waals surface area contributed by atoms with Crippen LogP contribution in [-0.2, 0) is 6.18 Å². The van der Waals surface area contributed by atoms with Crippen LogP contribution in [-0.4, -0.2) is 19.8 Å². The van der Waals surface area contributed by atoms with Crippen LogP contribution in [0, 0.1) is 6.92 Å². The molecule has 0 heterocycles. The molecule has 0 N–H and O–H groups in total. The highest BCUT2D eigenvalue weighted by Gasteiger charge is 2.29. The molecule has 0 aliphatic carbocycles. The molecule has 3 nitrogen and oxygen atoms in total. The summed E-state index contributed by atoms with van der Waals surface area (Å²) in [5.74, 6) is 1.84. The quantitative estimate of drug-likeness (QED) is 0.583. The Labute approximate surface area is 151 Å². The standard InChI is InChI=1S/C20H21F3O3/c1-4-24-19-10-9-18(11-15(19)3)26-13-14(2)12-25-17-7-5-16(6-8-17)20(21,22)23/h5-11H,2,4,12-13H2,1,3H3. The van der Waals surface area contributed by atoms with E-state index in [0.717, 1.165) is 23.4 Å². The molecule has 26 heavy (non-hydrogen) atoms. The van der Waals surface area contributed by atoms with Gasteiger partial charge in [0, 0.05) is 0 Å². The van der Waals surface area contributed by atoms with Crippen molar-refractivity contribution in [1.82, 2.24) is 0 Å². The zero-order valence-electron chi connectivity index (χ0n) is 14.7. The maximum absolute atomic E-state index is 12.5. The Bertz CT molecular complexity index is 737. The van der Waals surface area contributed by atoms with E-state index in [1.807, 2.05) is 32.0 Å². The number of aryl methyl sites for hydroxylation is 1. The number of hydrogen-bond donors (Lipinski definition) is 0. The predicted octanol–water partition coefficient (Wildman–Crippen LogP) is 5.43. The number of benzene rings is 2. The summed E-state index contributed by atoms with van der Waals surface area (Å²) in [6.07, 6.45) is -4.36. The zero-order valence-corrected chi connectivity index (χ0v) is 14.7. The Morgan fingerprint density at radius 1 is 0.923 bits per heavy atom. The number of ether oxygens (including phenoxy) is 3. The lowest BCUT2D eigenvalue weighted by atomic mass is 10.2. The first kappa shape index (κ1) is 19.7. The van der Waals surface area contributed by atoms with Crippen LogP contribution in [0.1, 0.15) is 18.1 Å². The van der Waals surface area contributed by atoms with Gasteiger partial charge >= 0.3 is 6.18 Å². The zero-order chi connectivity index (χ0) is 19.2. The van der Waals surface area contributed by atoms with Gasteiger partial charge in [0.15, 0.2) is 0 Å². The van der Waals surface area contributed by atoms with E-state index in [2.05, 4.69) is 6.58 Å². The van der Waals surface area contributed by atoms with E-state index in [1.165, 1.54) is 12.1 Å². The summed E-state index contributed by atoms with van der Waals surface area (Å²) < 4.78 is 54.1. The third kappa shape index (κ3) is 5.72. The Hall–Kier alpha value is -2.63. The smallest absolute Gasteiger partial charge is 0.416 e. The fraction of sp³-hybridized carbons (Fsp3) is 0.300. The molecule has 2 rings (SSSR count). The second-order valence-corrected chi connectivity index (χ2v) is 5.71. The first-order valence-corrected chi connectivity index (χ1v) is 8.12. The molecule has 140 valence electrons. The van der Waals surface area contributed by atoms with Gasteiger partial charge in [0.25, 0.3) is 0 Å². The van der Waals surface area contributed by atoms with Crippen molar-refractivity contribution in [2.45, 2.75) is 20.0 Å². The van der Waals surface area contributed by atoms with Crippen molar-refractivity contribution in [3.05, 3.63) is 65.7 Å². The van der Waals surface area contributed by atoms with E-state index in [4.69, 9.17) is 14.2 Å². The molecular weight excluding hydrogens is 345 g/mol. The largest absolute Gasteiger partial charge is 0.494 e. The van der Waals surface area contributed by atoms with E-state index >= 15 is 0 Å². The maximum atomic E-state index is 12.5. The normalized spacial score (nSPS) is 11.1. The molecule has 0 fully saturated rings. The van der Waals surface area contributed by atoms with Crippen molar-refractivity contribution in [3.8, 4) is 17.2 Å². The fourth-order valence-electron chi connectivity index (χ4n) is 2.18. The van der Waals surface area contributed by atoms with Crippen LogP contribution in [0.4, 0.5) is 13.2 Å². The third-order valence-corrected chi connectivity index (χ3v) is 3.51. The van der Waals surface area contributed by atoms with Gasteiger partial charge in [-0.3, -0.25) is 0 Å². The Kier molecular flexibility index (Phi) is 6.55. The first-order valence-electron chi connectivity index (χ1n) is 8.12. The van der Waals surface area contributed by atoms with Gasteiger partial charge in [-0.2, -0.15) is 13.2 Å². The van der Waals surface area contributed by atoms with Crippen molar-refractivity contribution in [1.29, 1.82) is 0 Å². The first-order chi connectivity index (χ1) is 12.3. The molecule has 0 spiro atoms. The Balaban J connectivity index is 1.81. The molecule has 0 unspecified atom stereocenters. The Morgan fingerprint density at radius 3 is 2.04 bits per heavy atom. The van der Waals surface area contributed by atoms with Crippen molar-refractivity contribution < 1.29 is 27.4 Å². The monoisotopic (exact) mass is 366 g/mol. The van der Waals surface area contributed by atoms with E-state index in [-0.39, 0.29) is 13.2 Å². The Morgan fingerprint density at radius 2 is 1.50 bits per heavy atom. The molecule has 0 aliphatic rings. The summed E-state index contributed by atoms with van der Waals surface area (Å²) in [5, 5.41) is 0. The molecule has 0 aromatic heterocycles. The molecule has 2 aromatic carbocycles. The molecular formula is C20H21F3O3. The molecule has 0 aliphatic heterocycles. The lowest BCUT2D eigenvalue weighted by Gasteiger charge is -2.13. The van der Waals surface area contributed by atoms with Gasteiger partial charge in [-0.15, -0.1) is 0 Å². The highest BCUT2D eigenvalue weighted by molar-refractivity contribution is 5.39. The summed E-state index contributed by atoms with van der Waals surface area (Å²) in [7, 11) is 0. The van der Waals surface area contributed by atoms with Crippen molar-refractivity contribution in [2.75, 3.05) is 19.8 Å². The van der Waals surface area contributed by atoms with Crippen molar-refractivity contribution in [2.24, 2.45) is 0 Å². The fourth-order valence-corrected chi connectivity index (χ4v) is 2.18. The van der Waals surface area contributed by atoms with Crippen LogP contribution in [0.25, 0.3) is 0 Å². The molecule has 6 heteroatoms. The predicted molar refractivity (Wildman–Crippen MR) is 93.9 cm³/mol. The minimum absolute atomic E-state index is 0.154. The van der Waals surface area contributed by atoms with Crippen LogP contribution in [0.15, 0.2) is 54.6 Å². The van der Waals surface area contributed by atoms with Gasteiger partial charge in [-0.05, 0) is 67.4 Å². The summed E-state index contributed by atoms with van der Waals surface area (Å²) >= 11 is 0. The summed E-state index contributed by atoms with van der Waals surface area (Å²) in [6, 6.07) is 10.1. The van der Waals surface area contributed by atoms with E-state index < -0.39 is 11.7 Å². The number of halogens is 3. The third-order valence-electron chi connectivity index (χ3n) is 3.51. The van der Waals surface area contributed by atoms with Crippen molar-refractivity contribution in [3.63, 3.8) is 0 Å². The summed E-state index contributed by atoms with van der Waals surface area (Å²) in [6.45, 7) is 8.70. The summed E-state index contributed by atoms with van der Waals surface area (Å²) in [4.78, 5) is 0. The van der Waals surface area contributed by atoms with Crippen LogP contribution < -0.4 is 14.2 Å². The topological polar surface area (TPSA) is 27.7 Å². The highest BCUT2D eigenvalue weighted by atomic mass is 19.4. The van der Waals surface area contributed by atoms with Crippen LogP contribution in [0.3, 0.4) is 0 Å². The van der Waals surface area contributed by atoms with E-state index in [1.54, 1.807) is 0 Å². The molecule has 0 saturated heterocycles. The van der Waals surface area contributed by atoms with Gasteiger partial charge in [-0.1, -0.05) is 6.58 Å². The molecule has 2 aromatic rings. The number of alkyl halides is 3. The SMILES string of the molecule is C=C(COc1ccc(C(F)(F)F)cc1)COc1ccc(OCC)c(C)c1. The molecule has 0 radical (unpaired) electrons. The highest BCUT2D eigenvalue weighted by Crippen LogP contribution is 2.30. The van der Waals surface area contributed by atoms with E-state index in [9.17, 15) is 13.2 Å². The lowest BCUT2D eigenvalue weighted by Crippen LogP contribution is -2.09. The van der Waals surface area contributed by atoms with Gasteiger partial charge in [0.05, 0.1) is 12.2 Å². The van der Waals surface area contributed by atoms with Gasteiger partial charge in [0.1, 0.15) is 30.5 Å². The average Bonchev–Trinajstić information content (AvgIpc) is 2.60. The van der Waals surface area contributed by atoms with Crippen LogP contribution in [0.2, 0.25) is 0 Å². The van der Waals surface area contributed by atoms with Crippen molar-refractivity contribution >= 4 is 0 Å². The molecule has 0 atom stereocenters. The number of rotatable bonds is 8.